The fraction of sp³-hybridized carbons (Fsp3) is 0.150. The van der Waals surface area contributed by atoms with Crippen LogP contribution in [-0.2, 0) is 16.1 Å². The molecule has 6 nitrogen and oxygen atoms in total. The lowest BCUT2D eigenvalue weighted by Crippen LogP contribution is -2.28. The highest BCUT2D eigenvalue weighted by molar-refractivity contribution is 6.43. The molecule has 0 radical (unpaired) electrons. The smallest absolute Gasteiger partial charge is 0.250 e. The Morgan fingerprint density at radius 1 is 1.19 bits per heavy atom. The quantitative estimate of drug-likeness (QED) is 0.631. The largest absolute Gasteiger partial charge is 0.492 e. The molecule has 136 valence electrons. The monoisotopic (exact) mass is 382 g/mol. The predicted molar refractivity (Wildman–Crippen MR) is 99.8 cm³/mol. The molecule has 27 heavy (non-hydrogen) atoms. The average molecular weight is 383 g/mol. The Morgan fingerprint density at radius 2 is 1.96 bits per heavy atom. The summed E-state index contributed by atoms with van der Waals surface area (Å²) >= 11 is 6.23. The van der Waals surface area contributed by atoms with Crippen LogP contribution in [0, 0.1) is 10.1 Å². The van der Waals surface area contributed by atoms with Crippen molar-refractivity contribution in [3.8, 4) is 0 Å². The molecule has 0 saturated carbocycles. The molecular weight excluding hydrogens is 368 g/mol. The summed E-state index contributed by atoms with van der Waals surface area (Å²) in [5, 5.41) is 14.3. The molecule has 7 heteroatoms. The summed E-state index contributed by atoms with van der Waals surface area (Å²) in [5.41, 5.74) is 3.73. The van der Waals surface area contributed by atoms with E-state index in [1.165, 1.54) is 6.08 Å². The minimum atomic E-state index is -0.391. The fourth-order valence-corrected chi connectivity index (χ4v) is 3.40. The van der Waals surface area contributed by atoms with Gasteiger partial charge >= 0.3 is 0 Å². The van der Waals surface area contributed by atoms with Crippen LogP contribution < -0.4 is 5.32 Å². The van der Waals surface area contributed by atoms with Crippen molar-refractivity contribution in [2.75, 3.05) is 0 Å². The Morgan fingerprint density at radius 3 is 2.70 bits per heavy atom. The van der Waals surface area contributed by atoms with Crippen LogP contribution in [0.1, 0.15) is 18.4 Å². The molecule has 0 fully saturated rings. The van der Waals surface area contributed by atoms with Crippen LogP contribution >= 0.6 is 11.6 Å². The number of allylic oxidation sites excluding steroid dienone is 7. The van der Waals surface area contributed by atoms with E-state index in [0.29, 0.717) is 29.3 Å². The van der Waals surface area contributed by atoms with Gasteiger partial charge in [-0.1, -0.05) is 41.9 Å². The number of nitrogens with one attached hydrogen (secondary N) is 1. The lowest BCUT2D eigenvalue weighted by atomic mass is 9.89. The molecule has 1 heterocycles. The second kappa shape index (κ2) is 6.89. The standard InChI is InChI=1S/C20H15ClN2O4/c21-19-17(24)10-18(27-11-12-4-2-1-3-5-12)15-9-13-8-14(23(25)26)6-7-16(13)22-20(15)19/h1-7,9,22H,8,10-11H2. The van der Waals surface area contributed by atoms with E-state index in [-0.39, 0.29) is 29.4 Å². The third kappa shape index (κ3) is 3.31. The van der Waals surface area contributed by atoms with Crippen molar-refractivity contribution in [1.29, 1.82) is 0 Å². The first kappa shape index (κ1) is 17.3. The summed E-state index contributed by atoms with van der Waals surface area (Å²) in [7, 11) is 0. The number of carbonyl (C=O) groups is 1. The van der Waals surface area contributed by atoms with Crippen molar-refractivity contribution in [2.24, 2.45) is 0 Å². The summed E-state index contributed by atoms with van der Waals surface area (Å²) in [6, 6.07) is 9.63. The fourth-order valence-electron chi connectivity index (χ4n) is 3.18. The first-order valence-electron chi connectivity index (χ1n) is 8.39. The van der Waals surface area contributed by atoms with E-state index in [1.807, 2.05) is 36.4 Å². The van der Waals surface area contributed by atoms with Crippen LogP contribution in [-0.4, -0.2) is 10.7 Å². The van der Waals surface area contributed by atoms with E-state index in [2.05, 4.69) is 5.32 Å². The van der Waals surface area contributed by atoms with Gasteiger partial charge in [-0.15, -0.1) is 0 Å². The van der Waals surface area contributed by atoms with Crippen LogP contribution in [0.2, 0.25) is 0 Å². The first-order chi connectivity index (χ1) is 13.0. The minimum Gasteiger partial charge on any atom is -0.492 e. The van der Waals surface area contributed by atoms with Gasteiger partial charge in [-0.2, -0.15) is 0 Å². The molecule has 0 saturated heterocycles. The zero-order valence-electron chi connectivity index (χ0n) is 14.2. The van der Waals surface area contributed by atoms with Crippen molar-refractivity contribution in [3.63, 3.8) is 0 Å². The van der Waals surface area contributed by atoms with E-state index in [9.17, 15) is 14.9 Å². The van der Waals surface area contributed by atoms with Gasteiger partial charge in [-0.3, -0.25) is 14.9 Å². The van der Waals surface area contributed by atoms with Crippen LogP contribution in [0.15, 0.2) is 87.6 Å². The van der Waals surface area contributed by atoms with E-state index in [1.54, 1.807) is 6.08 Å². The van der Waals surface area contributed by atoms with Crippen LogP contribution in [0.3, 0.4) is 0 Å². The summed E-state index contributed by atoms with van der Waals surface area (Å²) in [6.45, 7) is 0.323. The van der Waals surface area contributed by atoms with Gasteiger partial charge in [0.05, 0.1) is 23.5 Å². The highest BCUT2D eigenvalue weighted by Crippen LogP contribution is 2.38. The zero-order chi connectivity index (χ0) is 19.0. The Bertz CT molecular complexity index is 1000. The Kier molecular flexibility index (Phi) is 4.41. The highest BCUT2D eigenvalue weighted by Gasteiger charge is 2.33. The molecule has 0 unspecified atom stereocenters. The number of carbonyl (C=O) groups excluding carboxylic acids is 1. The van der Waals surface area contributed by atoms with Gasteiger partial charge < -0.3 is 10.1 Å². The van der Waals surface area contributed by atoms with Crippen molar-refractivity contribution < 1.29 is 14.5 Å². The minimum absolute atomic E-state index is 0.0624. The number of benzene rings is 1. The van der Waals surface area contributed by atoms with Gasteiger partial charge in [0.1, 0.15) is 17.4 Å². The third-order valence-electron chi connectivity index (χ3n) is 4.58. The second-order valence-electron chi connectivity index (χ2n) is 6.37. The van der Waals surface area contributed by atoms with Gasteiger partial charge in [-0.05, 0) is 23.3 Å². The summed E-state index contributed by atoms with van der Waals surface area (Å²) in [5.74, 6) is 0.292. The predicted octanol–water partition coefficient (Wildman–Crippen LogP) is 3.86. The van der Waals surface area contributed by atoms with Crippen molar-refractivity contribution in [2.45, 2.75) is 19.4 Å². The molecule has 4 rings (SSSR count). The number of Topliss-reactive ketones (excluding diaryl/α,β-unsaturated/α-hetero) is 1. The molecule has 1 N–H and O–H groups in total. The molecule has 0 bridgehead atoms. The Hall–Kier alpha value is -3.12. The highest BCUT2D eigenvalue weighted by atomic mass is 35.5. The lowest BCUT2D eigenvalue weighted by Gasteiger charge is -2.29. The number of ether oxygens (including phenoxy) is 1. The Balaban J connectivity index is 1.71. The maximum absolute atomic E-state index is 12.3. The number of rotatable bonds is 4. The van der Waals surface area contributed by atoms with Gasteiger partial charge in [0, 0.05) is 17.3 Å². The molecule has 0 spiro atoms. The number of ketones is 1. The molecular formula is C20H15ClN2O4. The van der Waals surface area contributed by atoms with Gasteiger partial charge in [0.25, 0.3) is 5.70 Å². The maximum atomic E-state index is 12.3. The molecule has 1 aliphatic heterocycles. The number of fused-ring (bicyclic) bond motifs is 2. The molecule has 2 aliphatic carbocycles. The number of hydrogen-bond acceptors (Lipinski definition) is 5. The first-order valence-corrected chi connectivity index (χ1v) is 8.77. The molecule has 0 aromatic heterocycles. The zero-order valence-corrected chi connectivity index (χ0v) is 15.0. The normalized spacial score (nSPS) is 18.7. The van der Waals surface area contributed by atoms with Crippen molar-refractivity contribution in [3.05, 3.63) is 103 Å². The van der Waals surface area contributed by atoms with E-state index in [0.717, 1.165) is 11.1 Å². The summed E-state index contributed by atoms with van der Waals surface area (Å²) in [6.07, 6.45) is 5.17. The summed E-state index contributed by atoms with van der Waals surface area (Å²) < 4.78 is 5.92. The third-order valence-corrected chi connectivity index (χ3v) is 4.98. The number of nitrogens with zero attached hydrogens (tertiary/aromatic N) is 1. The van der Waals surface area contributed by atoms with Crippen molar-refractivity contribution >= 4 is 17.4 Å². The molecule has 3 aliphatic rings. The molecule has 1 aromatic rings. The van der Waals surface area contributed by atoms with E-state index in [4.69, 9.17) is 16.3 Å². The summed E-state index contributed by atoms with van der Waals surface area (Å²) in [4.78, 5) is 23.0. The van der Waals surface area contributed by atoms with Crippen LogP contribution in [0.25, 0.3) is 0 Å². The van der Waals surface area contributed by atoms with E-state index >= 15 is 0 Å². The SMILES string of the molecule is O=C1CC(OCc2ccccc2)=C2C=C3CC([N+](=O)[O-])=CC=C3NC2=C1Cl. The van der Waals surface area contributed by atoms with Crippen LogP contribution in [0.4, 0.5) is 0 Å². The molecule has 0 amide bonds. The average Bonchev–Trinajstić information content (AvgIpc) is 2.69. The van der Waals surface area contributed by atoms with E-state index < -0.39 is 4.92 Å². The van der Waals surface area contributed by atoms with Gasteiger partial charge in [-0.25, -0.2) is 0 Å². The Labute approximate surface area is 160 Å². The molecule has 1 aromatic carbocycles. The molecule has 0 atom stereocenters. The van der Waals surface area contributed by atoms with Crippen molar-refractivity contribution in [1.82, 2.24) is 5.32 Å². The number of halogens is 1. The number of nitro groups is 1. The van der Waals surface area contributed by atoms with Gasteiger partial charge in [0.2, 0.25) is 0 Å². The van der Waals surface area contributed by atoms with Gasteiger partial charge in [0.15, 0.2) is 5.78 Å². The topological polar surface area (TPSA) is 81.5 Å². The second-order valence-corrected chi connectivity index (χ2v) is 6.74. The maximum Gasteiger partial charge on any atom is 0.250 e. The van der Waals surface area contributed by atoms with Crippen LogP contribution in [0.5, 0.6) is 0 Å². The number of hydrogen-bond donors (Lipinski definition) is 1. The lowest BCUT2D eigenvalue weighted by molar-refractivity contribution is -0.427.